The van der Waals surface area contributed by atoms with Crippen molar-refractivity contribution in [3.05, 3.63) is 81.7 Å². The largest absolute Gasteiger partial charge is 0.489 e. The van der Waals surface area contributed by atoms with Crippen LogP contribution < -0.4 is 4.74 Å². The summed E-state index contributed by atoms with van der Waals surface area (Å²) in [5.41, 5.74) is 4.28. The van der Waals surface area contributed by atoms with Gasteiger partial charge < -0.3 is 4.74 Å². The number of aromatic nitrogens is 1. The van der Waals surface area contributed by atoms with Crippen LogP contribution in [0.1, 0.15) is 31.9 Å². The van der Waals surface area contributed by atoms with Gasteiger partial charge in [0, 0.05) is 29.4 Å². The molecule has 0 aliphatic carbocycles. The zero-order valence-electron chi connectivity index (χ0n) is 19.1. The van der Waals surface area contributed by atoms with E-state index in [9.17, 15) is 0 Å². The molecule has 0 amide bonds. The number of halogens is 1. The summed E-state index contributed by atoms with van der Waals surface area (Å²) < 4.78 is 6.61. The number of nitrogens with zero attached hydrogens (tertiary/aromatic N) is 2. The topological polar surface area (TPSA) is 25.4 Å². The third-order valence-corrected chi connectivity index (χ3v) is 5.50. The second kappa shape index (κ2) is 11.3. The van der Waals surface area contributed by atoms with Crippen molar-refractivity contribution in [1.29, 1.82) is 0 Å². The second-order valence-corrected chi connectivity index (χ2v) is 10.2. The van der Waals surface area contributed by atoms with Crippen LogP contribution in [-0.4, -0.2) is 23.5 Å². The molecule has 0 unspecified atom stereocenters. The predicted molar refractivity (Wildman–Crippen MR) is 136 cm³/mol. The third-order valence-electron chi connectivity index (χ3n) is 4.52. The molecule has 3 aromatic rings. The lowest BCUT2D eigenvalue weighted by molar-refractivity contribution is 0.304. The number of benzene rings is 2. The van der Waals surface area contributed by atoms with Crippen molar-refractivity contribution < 1.29 is 4.74 Å². The highest BCUT2D eigenvalue weighted by atomic mass is 35.5. The van der Waals surface area contributed by atoms with Gasteiger partial charge in [-0.1, -0.05) is 59.8 Å². The number of thiazole rings is 1. The molecule has 0 bridgehead atoms. The third kappa shape index (κ3) is 8.16. The van der Waals surface area contributed by atoms with E-state index in [-0.39, 0.29) is 5.41 Å². The van der Waals surface area contributed by atoms with E-state index in [1.165, 1.54) is 16.9 Å². The van der Waals surface area contributed by atoms with E-state index in [4.69, 9.17) is 16.3 Å². The van der Waals surface area contributed by atoms with Crippen LogP contribution in [-0.2, 0) is 13.2 Å². The Labute approximate surface area is 200 Å². The van der Waals surface area contributed by atoms with Crippen molar-refractivity contribution in [3.63, 3.8) is 0 Å². The van der Waals surface area contributed by atoms with E-state index in [0.717, 1.165) is 35.7 Å². The fourth-order valence-corrected chi connectivity index (χ4v) is 3.80. The Morgan fingerprint density at radius 3 is 2.66 bits per heavy atom. The normalized spacial score (nSPS) is 11.6. The SMILES string of the molecule is CN(C/C=C/C#CC(C)(C)C)Cc1cccc(OCc2cccc(-c3csc(Cl)n3)c2)c1. The average Bonchev–Trinajstić information content (AvgIpc) is 3.18. The van der Waals surface area contributed by atoms with Crippen LogP contribution in [0.3, 0.4) is 0 Å². The van der Waals surface area contributed by atoms with Crippen LogP contribution in [0.2, 0.25) is 4.47 Å². The maximum Gasteiger partial charge on any atom is 0.184 e. The van der Waals surface area contributed by atoms with Crippen molar-refractivity contribution in [2.45, 2.75) is 33.9 Å². The van der Waals surface area contributed by atoms with E-state index in [2.05, 4.69) is 79.9 Å². The fourth-order valence-electron chi connectivity index (χ4n) is 3.03. The lowest BCUT2D eigenvalue weighted by Crippen LogP contribution is -2.17. The van der Waals surface area contributed by atoms with Crippen LogP contribution in [0.25, 0.3) is 11.3 Å². The Balaban J connectivity index is 1.54. The monoisotopic (exact) mass is 464 g/mol. The minimum absolute atomic E-state index is 0.0342. The molecule has 0 radical (unpaired) electrons. The molecule has 32 heavy (non-hydrogen) atoms. The van der Waals surface area contributed by atoms with Gasteiger partial charge in [-0.2, -0.15) is 0 Å². The van der Waals surface area contributed by atoms with Gasteiger partial charge in [0.05, 0.1) is 5.69 Å². The van der Waals surface area contributed by atoms with E-state index in [0.29, 0.717) is 11.1 Å². The highest BCUT2D eigenvalue weighted by molar-refractivity contribution is 7.14. The number of hydrogen-bond donors (Lipinski definition) is 0. The minimum Gasteiger partial charge on any atom is -0.489 e. The summed E-state index contributed by atoms with van der Waals surface area (Å²) in [7, 11) is 2.10. The van der Waals surface area contributed by atoms with E-state index < -0.39 is 0 Å². The fraction of sp³-hybridized carbons (Fsp3) is 0.296. The van der Waals surface area contributed by atoms with Crippen molar-refractivity contribution in [2.24, 2.45) is 5.41 Å². The van der Waals surface area contributed by atoms with Crippen molar-refractivity contribution >= 4 is 22.9 Å². The van der Waals surface area contributed by atoms with Gasteiger partial charge in [-0.25, -0.2) is 4.98 Å². The zero-order valence-corrected chi connectivity index (χ0v) is 20.6. The summed E-state index contributed by atoms with van der Waals surface area (Å²) in [6.07, 6.45) is 4.04. The number of likely N-dealkylation sites (N-methyl/N-ethyl adjacent to an activating group) is 1. The molecule has 1 heterocycles. The van der Waals surface area contributed by atoms with Gasteiger partial charge in [-0.15, -0.1) is 11.3 Å². The first kappa shape index (κ1) is 24.1. The maximum absolute atomic E-state index is 6.06. The molecule has 0 spiro atoms. The summed E-state index contributed by atoms with van der Waals surface area (Å²) >= 11 is 7.41. The number of allylic oxidation sites excluding steroid dienone is 1. The lowest BCUT2D eigenvalue weighted by atomic mass is 9.98. The molecule has 3 nitrogen and oxygen atoms in total. The average molecular weight is 465 g/mol. The van der Waals surface area contributed by atoms with Gasteiger partial charge in [-0.05, 0) is 63.2 Å². The first-order chi connectivity index (χ1) is 15.3. The molecule has 5 heteroatoms. The Morgan fingerprint density at radius 2 is 1.91 bits per heavy atom. The standard InChI is InChI=1S/C27H29ClN2OS/c1-27(2,3)14-6-5-7-15-30(4)18-21-10-9-13-24(17-21)31-19-22-11-8-12-23(16-22)25-20-32-26(28)29-25/h5,7-13,16-17,20H,15,18-19H2,1-4H3/b7-5+. The summed E-state index contributed by atoms with van der Waals surface area (Å²) in [6, 6.07) is 16.5. The molecule has 0 fully saturated rings. The molecular weight excluding hydrogens is 436 g/mol. The molecule has 0 saturated heterocycles. The van der Waals surface area contributed by atoms with Gasteiger partial charge in [0.15, 0.2) is 4.47 Å². The predicted octanol–water partition coefficient (Wildman–Crippen LogP) is 7.08. The Bertz CT molecular complexity index is 1120. The van der Waals surface area contributed by atoms with Crippen LogP contribution in [0, 0.1) is 17.3 Å². The maximum atomic E-state index is 6.06. The smallest absolute Gasteiger partial charge is 0.184 e. The first-order valence-corrected chi connectivity index (χ1v) is 11.8. The van der Waals surface area contributed by atoms with E-state index in [1.807, 2.05) is 35.7 Å². The van der Waals surface area contributed by atoms with E-state index in [1.54, 1.807) is 0 Å². The molecule has 166 valence electrons. The zero-order chi connectivity index (χ0) is 23.0. The molecule has 0 N–H and O–H groups in total. The number of rotatable bonds is 8. The van der Waals surface area contributed by atoms with Gasteiger partial charge >= 0.3 is 0 Å². The van der Waals surface area contributed by atoms with E-state index >= 15 is 0 Å². The molecular formula is C27H29ClN2OS. The highest BCUT2D eigenvalue weighted by Crippen LogP contribution is 2.25. The second-order valence-electron chi connectivity index (χ2n) is 8.74. The van der Waals surface area contributed by atoms with Gasteiger partial charge in [0.2, 0.25) is 0 Å². The Hall–Kier alpha value is -2.58. The van der Waals surface area contributed by atoms with Crippen LogP contribution >= 0.6 is 22.9 Å². The van der Waals surface area contributed by atoms with Gasteiger partial charge in [0.25, 0.3) is 0 Å². The van der Waals surface area contributed by atoms with Crippen LogP contribution in [0.4, 0.5) is 0 Å². The number of hydrogen-bond acceptors (Lipinski definition) is 4. The Kier molecular flexibility index (Phi) is 8.53. The summed E-state index contributed by atoms with van der Waals surface area (Å²) in [4.78, 5) is 6.59. The minimum atomic E-state index is 0.0342. The summed E-state index contributed by atoms with van der Waals surface area (Å²) in [5, 5.41) is 1.97. The summed E-state index contributed by atoms with van der Waals surface area (Å²) in [6.45, 7) is 8.53. The molecule has 0 aliphatic rings. The molecule has 2 aromatic carbocycles. The molecule has 3 rings (SSSR count). The highest BCUT2D eigenvalue weighted by Gasteiger charge is 2.06. The van der Waals surface area contributed by atoms with Crippen molar-refractivity contribution in [1.82, 2.24) is 9.88 Å². The molecule has 0 atom stereocenters. The number of ether oxygens (including phenoxy) is 1. The molecule has 0 saturated carbocycles. The quantitative estimate of drug-likeness (QED) is 0.333. The van der Waals surface area contributed by atoms with Crippen LogP contribution in [0.15, 0.2) is 66.1 Å². The molecule has 1 aromatic heterocycles. The summed E-state index contributed by atoms with van der Waals surface area (Å²) in [5.74, 6) is 7.19. The lowest BCUT2D eigenvalue weighted by Gasteiger charge is -2.15. The first-order valence-electron chi connectivity index (χ1n) is 10.6. The molecule has 0 aliphatic heterocycles. The Morgan fingerprint density at radius 1 is 1.12 bits per heavy atom. The van der Waals surface area contributed by atoms with Crippen molar-refractivity contribution in [2.75, 3.05) is 13.6 Å². The van der Waals surface area contributed by atoms with Crippen molar-refractivity contribution in [3.8, 4) is 28.8 Å². The van der Waals surface area contributed by atoms with Gasteiger partial charge in [-0.3, -0.25) is 4.90 Å². The van der Waals surface area contributed by atoms with Gasteiger partial charge in [0.1, 0.15) is 12.4 Å². The van der Waals surface area contributed by atoms with Crippen LogP contribution in [0.5, 0.6) is 5.75 Å².